The van der Waals surface area contributed by atoms with E-state index in [1.807, 2.05) is 43.3 Å². The van der Waals surface area contributed by atoms with Crippen LogP contribution in [0.2, 0.25) is 0 Å². The molecule has 0 aliphatic rings. The number of methoxy groups -OCH3 is 1. The third-order valence-electron chi connectivity index (χ3n) is 6.21. The fourth-order valence-electron chi connectivity index (χ4n) is 4.39. The Labute approximate surface area is 189 Å². The highest BCUT2D eigenvalue weighted by Gasteiger charge is 2.16. The predicted octanol–water partition coefficient (Wildman–Crippen LogP) is 5.83. The van der Waals surface area contributed by atoms with Gasteiger partial charge in [0.05, 0.1) is 18.0 Å². The van der Waals surface area contributed by atoms with Crippen LogP contribution in [0.5, 0.6) is 5.75 Å². The molecule has 0 saturated carbocycles. The highest BCUT2D eigenvalue weighted by Crippen LogP contribution is 2.27. The number of nitrogens with zero attached hydrogens (tertiary/aromatic N) is 1. The monoisotopic (exact) mass is 432 g/mol. The first-order valence-electron chi connectivity index (χ1n) is 11.5. The Hall–Kier alpha value is -3.05. The van der Waals surface area contributed by atoms with Crippen LogP contribution in [0.15, 0.2) is 57.7 Å². The van der Waals surface area contributed by atoms with Crippen molar-refractivity contribution in [1.29, 1.82) is 0 Å². The van der Waals surface area contributed by atoms with Crippen molar-refractivity contribution in [3.8, 4) is 5.75 Å². The van der Waals surface area contributed by atoms with E-state index in [9.17, 15) is 4.79 Å². The molecule has 2 aromatic heterocycles. The number of fused-ring (bicyclic) bond motifs is 3. The number of aromatic nitrogens is 1. The molecule has 0 radical (unpaired) electrons. The number of aromatic amines is 1. The fourth-order valence-corrected chi connectivity index (χ4v) is 4.39. The summed E-state index contributed by atoms with van der Waals surface area (Å²) in [6.07, 6.45) is 4.30. The van der Waals surface area contributed by atoms with Gasteiger partial charge in [0.2, 0.25) is 0 Å². The van der Waals surface area contributed by atoms with Crippen molar-refractivity contribution >= 4 is 21.9 Å². The molecule has 5 heteroatoms. The summed E-state index contributed by atoms with van der Waals surface area (Å²) in [7, 11) is 1.70. The van der Waals surface area contributed by atoms with Gasteiger partial charge in [0.25, 0.3) is 0 Å². The number of rotatable bonds is 10. The van der Waals surface area contributed by atoms with Crippen LogP contribution in [0.1, 0.15) is 43.0 Å². The molecule has 2 aromatic carbocycles. The number of nitrogens with one attached hydrogen (secondary N) is 1. The summed E-state index contributed by atoms with van der Waals surface area (Å²) >= 11 is 0. The Balaban J connectivity index is 1.48. The quantitative estimate of drug-likeness (QED) is 0.321. The van der Waals surface area contributed by atoms with Crippen LogP contribution in [0.25, 0.3) is 21.9 Å². The van der Waals surface area contributed by atoms with Gasteiger partial charge in [0, 0.05) is 17.6 Å². The van der Waals surface area contributed by atoms with Crippen molar-refractivity contribution in [2.45, 2.75) is 46.1 Å². The Morgan fingerprint density at radius 1 is 1.03 bits per heavy atom. The predicted molar refractivity (Wildman–Crippen MR) is 131 cm³/mol. The Kier molecular flexibility index (Phi) is 6.96. The zero-order valence-electron chi connectivity index (χ0n) is 19.2. The molecule has 0 aliphatic heterocycles. The normalized spacial score (nSPS) is 11.6. The number of ether oxygens (including phenoxy) is 1. The molecule has 2 heterocycles. The van der Waals surface area contributed by atoms with Gasteiger partial charge in [-0.3, -0.25) is 4.90 Å². The van der Waals surface area contributed by atoms with E-state index in [1.54, 1.807) is 7.11 Å². The first-order valence-corrected chi connectivity index (χ1v) is 11.5. The zero-order chi connectivity index (χ0) is 22.5. The number of H-pyrrole nitrogens is 1. The number of hydrogen-bond donors (Lipinski definition) is 1. The molecule has 32 heavy (non-hydrogen) atoms. The van der Waals surface area contributed by atoms with Crippen molar-refractivity contribution in [1.82, 2.24) is 9.88 Å². The molecule has 0 fully saturated rings. The molecule has 0 aliphatic carbocycles. The second-order valence-electron chi connectivity index (χ2n) is 8.45. The van der Waals surface area contributed by atoms with Crippen molar-refractivity contribution < 1.29 is 9.15 Å². The van der Waals surface area contributed by atoms with Crippen LogP contribution in [0.3, 0.4) is 0 Å². The molecule has 0 atom stereocenters. The van der Waals surface area contributed by atoms with Crippen LogP contribution in [0, 0.1) is 6.92 Å². The molecule has 0 saturated heterocycles. The molecule has 168 valence electrons. The summed E-state index contributed by atoms with van der Waals surface area (Å²) in [5, 5.41) is 1.64. The minimum Gasteiger partial charge on any atom is -0.497 e. The van der Waals surface area contributed by atoms with Gasteiger partial charge in [0.15, 0.2) is 0 Å². The summed E-state index contributed by atoms with van der Waals surface area (Å²) in [6, 6.07) is 16.0. The molecule has 0 spiro atoms. The van der Waals surface area contributed by atoms with Crippen molar-refractivity contribution in [3.63, 3.8) is 0 Å². The van der Waals surface area contributed by atoms with Gasteiger partial charge in [0.1, 0.15) is 11.3 Å². The summed E-state index contributed by atoms with van der Waals surface area (Å²) in [5.41, 5.74) is 4.70. The number of hydrogen-bond acceptors (Lipinski definition) is 4. The number of benzene rings is 2. The van der Waals surface area contributed by atoms with Crippen LogP contribution < -0.4 is 10.4 Å². The van der Waals surface area contributed by atoms with Crippen molar-refractivity contribution in [3.05, 3.63) is 75.8 Å². The summed E-state index contributed by atoms with van der Waals surface area (Å²) in [4.78, 5) is 18.6. The topological polar surface area (TPSA) is 58.5 Å². The van der Waals surface area contributed by atoms with Gasteiger partial charge in [-0.15, -0.1) is 0 Å². The molecular weight excluding hydrogens is 400 g/mol. The summed E-state index contributed by atoms with van der Waals surface area (Å²) in [6.45, 7) is 7.28. The lowest BCUT2D eigenvalue weighted by Gasteiger charge is -2.22. The van der Waals surface area contributed by atoms with Crippen molar-refractivity contribution in [2.24, 2.45) is 0 Å². The lowest BCUT2D eigenvalue weighted by atomic mass is 10.1. The molecular formula is C27H32N2O3. The van der Waals surface area contributed by atoms with E-state index < -0.39 is 0 Å². The van der Waals surface area contributed by atoms with Gasteiger partial charge < -0.3 is 14.1 Å². The molecule has 4 rings (SSSR count). The summed E-state index contributed by atoms with van der Waals surface area (Å²) in [5.74, 6) is 0.889. The van der Waals surface area contributed by atoms with Crippen molar-refractivity contribution in [2.75, 3.05) is 20.2 Å². The van der Waals surface area contributed by atoms with E-state index in [-0.39, 0.29) is 5.63 Å². The molecule has 4 aromatic rings. The van der Waals surface area contributed by atoms with Gasteiger partial charge in [-0.2, -0.15) is 0 Å². The zero-order valence-corrected chi connectivity index (χ0v) is 19.2. The first kappa shape index (κ1) is 22.2. The van der Waals surface area contributed by atoms with E-state index in [4.69, 9.17) is 9.15 Å². The first-order chi connectivity index (χ1) is 15.6. The average Bonchev–Trinajstić information content (AvgIpc) is 3.15. The maximum Gasteiger partial charge on any atom is 0.346 e. The van der Waals surface area contributed by atoms with Crippen LogP contribution >= 0.6 is 0 Å². The summed E-state index contributed by atoms with van der Waals surface area (Å²) < 4.78 is 10.8. The number of unbranched alkanes of at least 4 members (excludes halogenated alkanes) is 1. The second-order valence-corrected chi connectivity index (χ2v) is 8.45. The largest absolute Gasteiger partial charge is 0.497 e. The highest BCUT2D eigenvalue weighted by atomic mass is 16.5. The molecule has 0 bridgehead atoms. The number of para-hydroxylation sites is 1. The fraction of sp³-hybridized carbons (Fsp3) is 0.370. The van der Waals surface area contributed by atoms with Gasteiger partial charge in [-0.25, -0.2) is 4.79 Å². The van der Waals surface area contributed by atoms with Gasteiger partial charge in [-0.05, 0) is 74.7 Å². The van der Waals surface area contributed by atoms with Crippen LogP contribution in [-0.4, -0.2) is 30.1 Å². The molecule has 1 N–H and O–H groups in total. The van der Waals surface area contributed by atoms with E-state index in [0.717, 1.165) is 60.4 Å². The van der Waals surface area contributed by atoms with E-state index in [1.165, 1.54) is 18.4 Å². The second kappa shape index (κ2) is 10.0. The van der Waals surface area contributed by atoms with E-state index >= 15 is 0 Å². The van der Waals surface area contributed by atoms with Crippen LogP contribution in [0.4, 0.5) is 0 Å². The van der Waals surface area contributed by atoms with Crippen LogP contribution in [-0.2, 0) is 13.0 Å². The Morgan fingerprint density at radius 2 is 1.78 bits per heavy atom. The standard InChI is InChI=1S/C27H32N2O3/c1-4-5-16-29(18-20-12-14-21(31-3)15-13-20)17-8-10-23-19(2)25-26(28-23)22-9-6-7-11-24(22)32-27(25)30/h6-7,9,11-15,28H,4-5,8,10,16-18H2,1-3H3. The third kappa shape index (κ3) is 4.73. The smallest absolute Gasteiger partial charge is 0.346 e. The van der Waals surface area contributed by atoms with Gasteiger partial charge >= 0.3 is 5.63 Å². The maximum atomic E-state index is 12.6. The van der Waals surface area contributed by atoms with E-state index in [2.05, 4.69) is 28.9 Å². The Bertz CT molecular complexity index is 1240. The SMILES string of the molecule is CCCCN(CCCc1[nH]c2c(c1C)c(=O)oc1ccccc12)Cc1ccc(OC)cc1. The molecule has 0 unspecified atom stereocenters. The average molecular weight is 433 g/mol. The number of aryl methyl sites for hydroxylation is 2. The minimum absolute atomic E-state index is 0.261. The molecule has 0 amide bonds. The Morgan fingerprint density at radius 3 is 2.53 bits per heavy atom. The molecule has 5 nitrogen and oxygen atoms in total. The third-order valence-corrected chi connectivity index (χ3v) is 6.21. The maximum absolute atomic E-state index is 12.6. The van der Waals surface area contributed by atoms with E-state index in [0.29, 0.717) is 11.0 Å². The lowest BCUT2D eigenvalue weighted by Crippen LogP contribution is -2.26. The minimum atomic E-state index is -0.261. The lowest BCUT2D eigenvalue weighted by molar-refractivity contribution is 0.257. The highest BCUT2D eigenvalue weighted by molar-refractivity contribution is 6.03. The van der Waals surface area contributed by atoms with Gasteiger partial charge in [-0.1, -0.05) is 37.6 Å².